The Balaban J connectivity index is 2.24. The molecule has 1 saturated heterocycles. The number of nitrogens with zero attached hydrogens (tertiary/aromatic N) is 1. The molecule has 0 bridgehead atoms. The van der Waals surface area contributed by atoms with Gasteiger partial charge in [0, 0.05) is 24.0 Å². The van der Waals surface area contributed by atoms with Crippen LogP contribution in [0.1, 0.15) is 12.8 Å². The SMILES string of the molecule is NC(=O)C1CCN(S(=O)(=O)c2cc(Cl)ccc2Cl)CC1. The van der Waals surface area contributed by atoms with Gasteiger partial charge in [0.2, 0.25) is 15.9 Å². The number of hydrogen-bond donors (Lipinski definition) is 1. The lowest BCUT2D eigenvalue weighted by Crippen LogP contribution is -2.41. The number of piperidine rings is 1. The van der Waals surface area contributed by atoms with E-state index in [-0.39, 0.29) is 34.8 Å². The average Bonchev–Trinajstić information content (AvgIpc) is 2.41. The molecule has 0 aromatic heterocycles. The fourth-order valence-corrected chi connectivity index (χ4v) is 4.40. The minimum absolute atomic E-state index is 0.0100. The molecule has 0 atom stereocenters. The Labute approximate surface area is 127 Å². The zero-order valence-corrected chi connectivity index (χ0v) is 12.9. The number of rotatable bonds is 3. The van der Waals surface area contributed by atoms with E-state index in [0.29, 0.717) is 17.9 Å². The van der Waals surface area contributed by atoms with Gasteiger partial charge in [-0.25, -0.2) is 8.42 Å². The van der Waals surface area contributed by atoms with Crippen LogP contribution in [0.15, 0.2) is 23.1 Å². The average molecular weight is 337 g/mol. The Morgan fingerprint density at radius 1 is 1.25 bits per heavy atom. The third-order valence-electron chi connectivity index (χ3n) is 3.37. The molecular weight excluding hydrogens is 323 g/mol. The number of hydrogen-bond acceptors (Lipinski definition) is 3. The Hall–Kier alpha value is -0.820. The van der Waals surface area contributed by atoms with Crippen molar-refractivity contribution in [3.63, 3.8) is 0 Å². The Bertz CT molecular complexity index is 626. The molecule has 1 amide bonds. The van der Waals surface area contributed by atoms with E-state index in [4.69, 9.17) is 28.9 Å². The Morgan fingerprint density at radius 3 is 2.40 bits per heavy atom. The molecule has 110 valence electrons. The number of sulfonamides is 1. The first-order chi connectivity index (χ1) is 9.32. The van der Waals surface area contributed by atoms with E-state index >= 15 is 0 Å². The van der Waals surface area contributed by atoms with Crippen LogP contribution in [-0.2, 0) is 14.8 Å². The zero-order chi connectivity index (χ0) is 14.9. The number of halogens is 2. The van der Waals surface area contributed by atoms with Crippen molar-refractivity contribution in [2.45, 2.75) is 17.7 Å². The third kappa shape index (κ3) is 3.09. The topological polar surface area (TPSA) is 80.5 Å². The summed E-state index contributed by atoms with van der Waals surface area (Å²) in [4.78, 5) is 11.1. The first kappa shape index (κ1) is 15.6. The minimum Gasteiger partial charge on any atom is -0.369 e. The molecule has 1 fully saturated rings. The molecule has 0 unspecified atom stereocenters. The molecule has 1 aromatic carbocycles. The molecule has 1 aliphatic rings. The zero-order valence-electron chi connectivity index (χ0n) is 10.6. The van der Waals surface area contributed by atoms with Crippen molar-refractivity contribution in [3.8, 4) is 0 Å². The van der Waals surface area contributed by atoms with E-state index < -0.39 is 10.0 Å². The molecule has 2 N–H and O–H groups in total. The summed E-state index contributed by atoms with van der Waals surface area (Å²) >= 11 is 11.8. The molecule has 8 heteroatoms. The van der Waals surface area contributed by atoms with E-state index in [9.17, 15) is 13.2 Å². The van der Waals surface area contributed by atoms with Crippen molar-refractivity contribution >= 4 is 39.1 Å². The molecule has 20 heavy (non-hydrogen) atoms. The van der Waals surface area contributed by atoms with Gasteiger partial charge in [0.1, 0.15) is 4.90 Å². The van der Waals surface area contributed by atoms with Gasteiger partial charge >= 0.3 is 0 Å². The second kappa shape index (κ2) is 5.89. The molecule has 1 aromatic rings. The number of nitrogens with two attached hydrogens (primary N) is 1. The van der Waals surface area contributed by atoms with E-state index in [2.05, 4.69) is 0 Å². The maximum absolute atomic E-state index is 12.5. The summed E-state index contributed by atoms with van der Waals surface area (Å²) in [5, 5.41) is 0.437. The van der Waals surface area contributed by atoms with Gasteiger partial charge in [-0.3, -0.25) is 4.79 Å². The lowest BCUT2D eigenvalue weighted by molar-refractivity contribution is -0.122. The van der Waals surface area contributed by atoms with Crippen molar-refractivity contribution in [2.75, 3.05) is 13.1 Å². The molecule has 0 spiro atoms. The highest BCUT2D eigenvalue weighted by molar-refractivity contribution is 7.89. The standard InChI is InChI=1S/C12H14Cl2N2O3S/c13-9-1-2-10(14)11(7-9)20(18,19)16-5-3-8(4-6-16)12(15)17/h1-2,7-8H,3-6H2,(H2,15,17). The highest BCUT2D eigenvalue weighted by Crippen LogP contribution is 2.30. The molecule has 0 aliphatic carbocycles. The summed E-state index contributed by atoms with van der Waals surface area (Å²) in [6.07, 6.45) is 0.847. The first-order valence-electron chi connectivity index (χ1n) is 6.07. The smallest absolute Gasteiger partial charge is 0.244 e. The van der Waals surface area contributed by atoms with E-state index in [1.807, 2.05) is 0 Å². The van der Waals surface area contributed by atoms with Gasteiger partial charge in [0.25, 0.3) is 0 Å². The van der Waals surface area contributed by atoms with Gasteiger partial charge in [-0.1, -0.05) is 23.2 Å². The largest absolute Gasteiger partial charge is 0.369 e. The van der Waals surface area contributed by atoms with Crippen molar-refractivity contribution < 1.29 is 13.2 Å². The summed E-state index contributed by atoms with van der Waals surface area (Å²) in [5.41, 5.74) is 5.23. The summed E-state index contributed by atoms with van der Waals surface area (Å²) < 4.78 is 26.3. The molecule has 5 nitrogen and oxygen atoms in total. The van der Waals surface area contributed by atoms with Crippen LogP contribution < -0.4 is 5.73 Å². The van der Waals surface area contributed by atoms with E-state index in [1.54, 1.807) is 0 Å². The molecule has 1 aliphatic heterocycles. The van der Waals surface area contributed by atoms with Gasteiger partial charge in [-0.2, -0.15) is 4.31 Å². The quantitative estimate of drug-likeness (QED) is 0.914. The van der Waals surface area contributed by atoms with Gasteiger partial charge < -0.3 is 5.73 Å². The minimum atomic E-state index is -3.70. The summed E-state index contributed by atoms with van der Waals surface area (Å²) in [7, 11) is -3.70. The number of carbonyl (C=O) groups is 1. The predicted molar refractivity (Wildman–Crippen MR) is 77.1 cm³/mol. The fourth-order valence-electron chi connectivity index (χ4n) is 2.19. The molecule has 1 heterocycles. The van der Waals surface area contributed by atoms with Crippen LogP contribution in [0.2, 0.25) is 10.0 Å². The van der Waals surface area contributed by atoms with Gasteiger partial charge in [-0.15, -0.1) is 0 Å². The third-order valence-corrected chi connectivity index (χ3v) is 5.98. The fraction of sp³-hybridized carbons (Fsp3) is 0.417. The molecule has 2 rings (SSSR count). The van der Waals surface area contributed by atoms with Gasteiger partial charge in [-0.05, 0) is 31.0 Å². The van der Waals surface area contributed by atoms with Gasteiger partial charge in [0.05, 0.1) is 5.02 Å². The second-order valence-electron chi connectivity index (χ2n) is 4.66. The van der Waals surface area contributed by atoms with Crippen LogP contribution in [0.5, 0.6) is 0 Å². The number of benzene rings is 1. The van der Waals surface area contributed by atoms with E-state index in [0.717, 1.165) is 0 Å². The van der Waals surface area contributed by atoms with Crippen LogP contribution in [0.4, 0.5) is 0 Å². The van der Waals surface area contributed by atoms with Crippen LogP contribution in [0, 0.1) is 5.92 Å². The van der Waals surface area contributed by atoms with Crippen molar-refractivity contribution in [2.24, 2.45) is 11.7 Å². The van der Waals surface area contributed by atoms with Crippen molar-refractivity contribution in [1.29, 1.82) is 0 Å². The summed E-state index contributed by atoms with van der Waals surface area (Å²) in [5.74, 6) is -0.654. The maximum Gasteiger partial charge on any atom is 0.244 e. The summed E-state index contributed by atoms with van der Waals surface area (Å²) in [6.45, 7) is 0.498. The van der Waals surface area contributed by atoms with Crippen LogP contribution in [0.3, 0.4) is 0 Å². The highest BCUT2D eigenvalue weighted by Gasteiger charge is 2.32. The van der Waals surface area contributed by atoms with Crippen LogP contribution in [-0.4, -0.2) is 31.7 Å². The molecule has 0 saturated carbocycles. The summed E-state index contributed by atoms with van der Waals surface area (Å²) in [6, 6.07) is 4.31. The van der Waals surface area contributed by atoms with Crippen LogP contribution in [0.25, 0.3) is 0 Å². The lowest BCUT2D eigenvalue weighted by Gasteiger charge is -2.29. The lowest BCUT2D eigenvalue weighted by atomic mass is 9.98. The predicted octanol–water partition coefficient (Wildman–Crippen LogP) is 1.88. The number of amides is 1. The normalized spacial score (nSPS) is 18.1. The van der Waals surface area contributed by atoms with Crippen molar-refractivity contribution in [1.82, 2.24) is 4.31 Å². The molecular formula is C12H14Cl2N2O3S. The van der Waals surface area contributed by atoms with E-state index in [1.165, 1.54) is 22.5 Å². The Kier molecular flexibility index (Phi) is 4.59. The number of carbonyl (C=O) groups excluding carboxylic acids is 1. The number of primary amides is 1. The van der Waals surface area contributed by atoms with Gasteiger partial charge in [0.15, 0.2) is 0 Å². The monoisotopic (exact) mass is 336 g/mol. The van der Waals surface area contributed by atoms with Crippen molar-refractivity contribution in [3.05, 3.63) is 28.2 Å². The highest BCUT2D eigenvalue weighted by atomic mass is 35.5. The second-order valence-corrected chi connectivity index (χ2v) is 7.41. The molecule has 0 radical (unpaired) electrons. The first-order valence-corrected chi connectivity index (χ1v) is 8.26. The van der Waals surface area contributed by atoms with Crippen LogP contribution >= 0.6 is 23.2 Å². The maximum atomic E-state index is 12.5. The Morgan fingerprint density at radius 2 is 1.85 bits per heavy atom.